The van der Waals surface area contributed by atoms with Crippen LogP contribution in [0.25, 0.3) is 135 Å². The summed E-state index contributed by atoms with van der Waals surface area (Å²) in [6.45, 7) is 15.1. The molecule has 7 aromatic carbocycles. The Morgan fingerprint density at radius 3 is 1.83 bits per heavy atom. The van der Waals surface area contributed by atoms with Crippen LogP contribution in [-0.4, -0.2) is 114 Å². The maximum atomic E-state index is 11.4. The summed E-state index contributed by atoms with van der Waals surface area (Å²) >= 11 is 5.65. The average molecular weight is 1700 g/mol. The number of anilines is 1. The molecule has 1 amide bonds. The van der Waals surface area contributed by atoms with Gasteiger partial charge in [0.2, 0.25) is 12.7 Å². The smallest absolute Gasteiger partial charge is 0.248 e. The van der Waals surface area contributed by atoms with Gasteiger partial charge in [-0.3, -0.25) is 49.7 Å². The van der Waals surface area contributed by atoms with Crippen LogP contribution in [0.4, 0.5) is 5.69 Å². The topological polar surface area (TPSA) is 305 Å². The number of H-pyrrole nitrogens is 1. The molecule has 0 atom stereocenters. The molecule has 0 aliphatic carbocycles. The van der Waals surface area contributed by atoms with E-state index >= 15 is 0 Å². The number of primary amides is 1. The summed E-state index contributed by atoms with van der Waals surface area (Å²) in [6, 6.07) is 90.3. The number of benzene rings is 7. The van der Waals surface area contributed by atoms with E-state index in [1.54, 1.807) is 64.6 Å². The molecule has 2 aliphatic rings. The highest BCUT2D eigenvalue weighted by Crippen LogP contribution is 2.40. The molecule has 0 spiro atoms. The number of nitrogens with zero attached hydrogens (tertiary/aromatic N) is 17. The Hall–Kier alpha value is -16.7. The molecule has 0 bridgehead atoms. The number of nitrogens with two attached hydrogens (primary N) is 1. The van der Waals surface area contributed by atoms with E-state index in [-0.39, 0.29) is 12.2 Å². The number of oxazole rings is 1. The number of amides is 1. The second kappa shape index (κ2) is 38.0. The Bertz CT molecular complexity index is 7200. The number of fused-ring (bicyclic) bond motifs is 3. The summed E-state index contributed by atoms with van der Waals surface area (Å²) in [4.78, 5) is 73.8. The number of nitrogens with one attached hydrogen (secondary N) is 2. The highest BCUT2D eigenvalue weighted by atomic mass is 32.1. The number of aromatic nitrogens is 17. The van der Waals surface area contributed by atoms with Gasteiger partial charge in [0.05, 0.1) is 68.7 Å². The minimum Gasteiger partial charge on any atom is -0.454 e. The number of allylic oxidation sites excluding steroid dienone is 1. The third kappa shape index (κ3) is 19.4. The fourth-order valence-electron chi connectivity index (χ4n) is 14.4. The summed E-state index contributed by atoms with van der Waals surface area (Å²) in [5, 5.41) is 14.3. The zero-order valence-corrected chi connectivity index (χ0v) is 71.7. The predicted molar refractivity (Wildman–Crippen MR) is 505 cm³/mol. The number of aliphatic imine (C=N–C) groups is 1. The summed E-state index contributed by atoms with van der Waals surface area (Å²) in [5.74, 6) is 4.35. The van der Waals surface area contributed by atoms with Crippen molar-refractivity contribution >= 4 is 62.1 Å². The number of aryl methyl sites for hydroxylation is 4. The lowest BCUT2D eigenvalue weighted by atomic mass is 9.96. The van der Waals surface area contributed by atoms with Crippen molar-refractivity contribution in [2.75, 3.05) is 18.7 Å². The van der Waals surface area contributed by atoms with Gasteiger partial charge in [0.1, 0.15) is 22.9 Å². The second-order valence-electron chi connectivity index (χ2n) is 30.8. The van der Waals surface area contributed by atoms with Crippen LogP contribution in [0.2, 0.25) is 0 Å². The van der Waals surface area contributed by atoms with Crippen LogP contribution in [0.15, 0.2) is 344 Å². The fourth-order valence-corrected chi connectivity index (χ4v) is 14.6. The predicted octanol–water partition coefficient (Wildman–Crippen LogP) is 21.3. The van der Waals surface area contributed by atoms with Crippen molar-refractivity contribution in [1.82, 2.24) is 84.4 Å². The van der Waals surface area contributed by atoms with Gasteiger partial charge in [-0.2, -0.15) is 5.10 Å². The summed E-state index contributed by atoms with van der Waals surface area (Å²) in [6.07, 6.45) is 16.5. The van der Waals surface area contributed by atoms with Crippen molar-refractivity contribution in [3.8, 4) is 119 Å². The van der Waals surface area contributed by atoms with Crippen molar-refractivity contribution in [3.05, 3.63) is 380 Å². The standard InChI is InChI=1S/C25H19N5S.C22H17N5O3.C21H21N5.C20H15N3.C15H12N2O/c1-17-8-7-13-23(27-17)24-21(19-14-15-26-22-12-6-5-11-20(19)22)16-30(29-24)25(31)28-18-9-3-2-4-10-18;1-13-3-2-4-17(24-13)22-25-21(15-7-5-14(6-8-15)20(23)28)26-27(22)16-9-10-18-19(11-16)30-12-29-18;1-13-6-5-7-16(24-13)19-18(25-20(26-19)21(2,3)4)14-8-9-15-17(12-14)23-11-10-22-15;1-2-6-15(7-3-1)19-14-16(9-12-22-19)17-10-13-23-20(17)18-8-4-5-11-21-18;1-11-17-14(12-5-3-2-4-6-12)15(18-11)13-7-9-16-10-8-13/h2-16H,1H3,(H,28,31);2-11H,12H2,1H3,(H2,23,28);5-12H,1-4H3,(H,25,26);1-12,14H,13H2;2-10H,1H3. The third-order valence-corrected chi connectivity index (χ3v) is 20.9. The van der Waals surface area contributed by atoms with Gasteiger partial charge in [-0.25, -0.2) is 29.3 Å². The van der Waals surface area contributed by atoms with Crippen molar-refractivity contribution in [2.45, 2.75) is 53.9 Å². The highest BCUT2D eigenvalue weighted by Gasteiger charge is 2.27. The molecule has 2 aliphatic heterocycles. The lowest BCUT2D eigenvalue weighted by molar-refractivity contribution is 0.1000. The van der Waals surface area contributed by atoms with E-state index in [9.17, 15) is 4.79 Å². The first-order valence-electron chi connectivity index (χ1n) is 41.3. The Morgan fingerprint density at radius 2 is 1.10 bits per heavy atom. The zero-order chi connectivity index (χ0) is 88.0. The van der Waals surface area contributed by atoms with Crippen LogP contribution < -0.4 is 20.5 Å². The molecule has 25 heteroatoms. The molecule has 4 N–H and O–H groups in total. The van der Waals surface area contributed by atoms with Crippen LogP contribution in [0.3, 0.4) is 0 Å². The van der Waals surface area contributed by atoms with Gasteiger partial charge < -0.3 is 29.9 Å². The number of carbonyl (C=O) groups is 1. The van der Waals surface area contributed by atoms with Gasteiger partial charge in [-0.05, 0) is 178 Å². The van der Waals surface area contributed by atoms with Crippen molar-refractivity contribution < 1.29 is 18.7 Å². The molecule has 19 aromatic rings. The van der Waals surface area contributed by atoms with Crippen LogP contribution >= 0.6 is 12.2 Å². The number of hydrogen-bond donors (Lipinski definition) is 3. The van der Waals surface area contributed by atoms with E-state index in [0.29, 0.717) is 52.0 Å². The van der Waals surface area contributed by atoms with E-state index in [1.165, 1.54) is 0 Å². The van der Waals surface area contributed by atoms with Crippen LogP contribution in [0, 0.1) is 27.7 Å². The molecule has 14 heterocycles. The first kappa shape index (κ1) is 83.6. The number of imidazole rings is 1. The van der Waals surface area contributed by atoms with Crippen molar-refractivity contribution in [3.63, 3.8) is 0 Å². The van der Waals surface area contributed by atoms with E-state index in [1.807, 2.05) is 277 Å². The average Bonchev–Trinajstić information content (AvgIpc) is 1.57. The van der Waals surface area contributed by atoms with E-state index in [4.69, 9.17) is 57.0 Å². The van der Waals surface area contributed by atoms with E-state index in [2.05, 4.69) is 111 Å². The van der Waals surface area contributed by atoms with Crippen LogP contribution in [-0.2, 0) is 5.41 Å². The summed E-state index contributed by atoms with van der Waals surface area (Å²) < 4.78 is 20.1. The quantitative estimate of drug-likeness (QED) is 0.0852. The molecular weight excluding hydrogens is 1610 g/mol. The van der Waals surface area contributed by atoms with E-state index in [0.717, 1.165) is 163 Å². The Balaban J connectivity index is 0.000000114. The van der Waals surface area contributed by atoms with E-state index < -0.39 is 5.91 Å². The minimum atomic E-state index is -0.481. The number of rotatable bonds is 14. The fraction of sp³-hybridized carbons (Fsp3) is 0.0971. The van der Waals surface area contributed by atoms with Gasteiger partial charge in [-0.1, -0.05) is 166 Å². The second-order valence-corrected chi connectivity index (χ2v) is 31.2. The molecule has 0 unspecified atom stereocenters. The molecule has 0 saturated heterocycles. The molecule has 0 saturated carbocycles. The molecule has 21 rings (SSSR count). The van der Waals surface area contributed by atoms with Crippen molar-refractivity contribution in [1.29, 1.82) is 0 Å². The molecule has 24 nitrogen and oxygen atoms in total. The molecule has 0 radical (unpaired) electrons. The number of aromatic amines is 1. The van der Waals surface area contributed by atoms with Crippen molar-refractivity contribution in [2.24, 2.45) is 10.7 Å². The summed E-state index contributed by atoms with van der Waals surface area (Å²) in [5.41, 5.74) is 30.7. The maximum absolute atomic E-state index is 11.4. The van der Waals surface area contributed by atoms with Crippen LogP contribution in [0.5, 0.6) is 11.5 Å². The van der Waals surface area contributed by atoms with Crippen LogP contribution in [0.1, 0.15) is 71.2 Å². The van der Waals surface area contributed by atoms with Gasteiger partial charge in [0, 0.05) is 141 Å². The van der Waals surface area contributed by atoms with Gasteiger partial charge >= 0.3 is 0 Å². The number of ether oxygens (including phenoxy) is 2. The normalized spacial score (nSPS) is 11.8. The SMILES string of the molecule is C1=C(c2ccnc(-c3ccccc3)c2)C(c2ccccn2)=NC1.Cc1cccc(-c2[nH]c(C(C)(C)C)nc2-c2ccc3nccnc3c2)n1.Cc1cccc(-c2nc(-c3ccc(C(N)=O)cc3)nn2-c2ccc3c(c2)OCO3)n1.Cc1cccc(-c2nn(C(=S)Nc3ccccc3)cc2-c2ccnc3ccccc23)n1.Cc1nc(-c2ccccc2)c(-c2ccncc2)o1. The Kier molecular flexibility index (Phi) is 24.8. The summed E-state index contributed by atoms with van der Waals surface area (Å²) in [7, 11) is 0. The first-order valence-corrected chi connectivity index (χ1v) is 41.7. The number of thiocarbonyl (C=S) groups is 1. The van der Waals surface area contributed by atoms with Gasteiger partial charge in [0.25, 0.3) is 0 Å². The van der Waals surface area contributed by atoms with Gasteiger partial charge in [0.15, 0.2) is 39.9 Å². The molecule has 12 aromatic heterocycles. The molecule has 626 valence electrons. The maximum Gasteiger partial charge on any atom is 0.248 e. The third-order valence-electron chi connectivity index (χ3n) is 20.6. The Labute approximate surface area is 743 Å². The molecule has 128 heavy (non-hydrogen) atoms. The van der Waals surface area contributed by atoms with Gasteiger partial charge in [-0.15, -0.1) is 5.10 Å². The molecule has 0 fully saturated rings. The Morgan fingerprint density at radius 1 is 0.469 bits per heavy atom. The number of carbonyl (C=O) groups excluding carboxylic acids is 1. The lowest BCUT2D eigenvalue weighted by Crippen LogP contribution is -2.19. The highest BCUT2D eigenvalue weighted by molar-refractivity contribution is 7.80. The largest absolute Gasteiger partial charge is 0.454 e. The zero-order valence-electron chi connectivity index (χ0n) is 70.9. The minimum absolute atomic E-state index is 0.0898. The number of hydrogen-bond acceptors (Lipinski definition) is 20. The molecular formula is C103H84N20O4S. The lowest BCUT2D eigenvalue weighted by Gasteiger charge is -2.14. The monoisotopic (exact) mass is 1700 g/mol. The number of pyridine rings is 7. The number of para-hydroxylation sites is 2. The first-order chi connectivity index (χ1) is 62.4.